The average Bonchev–Trinajstić information content (AvgIpc) is 2.78. The molecule has 0 radical (unpaired) electrons. The summed E-state index contributed by atoms with van der Waals surface area (Å²) in [5.41, 5.74) is 6.38. The molecule has 0 spiro atoms. The van der Waals surface area contributed by atoms with Gasteiger partial charge >= 0.3 is 6.01 Å². The molecule has 90 valence electrons. The van der Waals surface area contributed by atoms with Gasteiger partial charge in [0.05, 0.1) is 6.04 Å². The van der Waals surface area contributed by atoms with Gasteiger partial charge in [0.25, 0.3) is 0 Å². The van der Waals surface area contributed by atoms with Gasteiger partial charge < -0.3 is 10.2 Å². The highest BCUT2D eigenvalue weighted by atomic mass is 19.1. The first kappa shape index (κ1) is 11.5. The highest BCUT2D eigenvalue weighted by molar-refractivity contribution is 5.54. The molecule has 1 heterocycles. The number of nitrogens with zero attached hydrogens (tertiary/aromatic N) is 3. The van der Waals surface area contributed by atoms with Gasteiger partial charge in [-0.2, -0.15) is 0 Å². The van der Waals surface area contributed by atoms with Crippen LogP contribution < -0.4 is 10.6 Å². The lowest BCUT2D eigenvalue weighted by Crippen LogP contribution is -2.09. The van der Waals surface area contributed by atoms with Crippen LogP contribution in [-0.2, 0) is 0 Å². The lowest BCUT2D eigenvalue weighted by Gasteiger charge is -2.13. The number of hydrogen-bond donors (Lipinski definition) is 1. The van der Waals surface area contributed by atoms with E-state index in [2.05, 4.69) is 10.2 Å². The maximum atomic E-state index is 12.8. The summed E-state index contributed by atoms with van der Waals surface area (Å²) >= 11 is 0. The van der Waals surface area contributed by atoms with E-state index >= 15 is 0 Å². The zero-order chi connectivity index (χ0) is 12.4. The molecule has 0 aliphatic heterocycles. The third kappa shape index (κ3) is 2.42. The minimum absolute atomic E-state index is 0.288. The van der Waals surface area contributed by atoms with Crippen LogP contribution in [0.4, 0.5) is 16.1 Å². The molecule has 0 aliphatic rings. The average molecular weight is 236 g/mol. The fourth-order valence-electron chi connectivity index (χ4n) is 1.32. The molecule has 0 amide bonds. The first-order valence-corrected chi connectivity index (χ1v) is 5.16. The van der Waals surface area contributed by atoms with Crippen molar-refractivity contribution < 1.29 is 8.81 Å². The summed E-state index contributed by atoms with van der Waals surface area (Å²) in [5, 5.41) is 7.69. The Labute approximate surface area is 98.1 Å². The van der Waals surface area contributed by atoms with Crippen molar-refractivity contribution in [3.05, 3.63) is 36.0 Å². The minimum Gasteiger partial charge on any atom is -0.406 e. The van der Waals surface area contributed by atoms with Gasteiger partial charge in [-0.05, 0) is 31.2 Å². The maximum Gasteiger partial charge on any atom is 0.322 e. The molecule has 0 bridgehead atoms. The van der Waals surface area contributed by atoms with Gasteiger partial charge in [0.1, 0.15) is 5.82 Å². The number of rotatable bonds is 3. The van der Waals surface area contributed by atoms with Crippen LogP contribution in [0.5, 0.6) is 0 Å². The quantitative estimate of drug-likeness (QED) is 0.882. The number of benzene rings is 1. The molecule has 1 aromatic heterocycles. The van der Waals surface area contributed by atoms with Crippen LogP contribution in [0, 0.1) is 5.82 Å². The van der Waals surface area contributed by atoms with E-state index in [0.717, 1.165) is 5.69 Å². The van der Waals surface area contributed by atoms with Crippen LogP contribution in [-0.4, -0.2) is 17.2 Å². The molecule has 17 heavy (non-hydrogen) atoms. The van der Waals surface area contributed by atoms with E-state index in [1.807, 2.05) is 0 Å². The first-order valence-electron chi connectivity index (χ1n) is 5.16. The van der Waals surface area contributed by atoms with Gasteiger partial charge in [-0.1, -0.05) is 5.10 Å². The van der Waals surface area contributed by atoms with Gasteiger partial charge in [0.2, 0.25) is 5.89 Å². The van der Waals surface area contributed by atoms with Gasteiger partial charge in [-0.3, -0.25) is 4.90 Å². The summed E-state index contributed by atoms with van der Waals surface area (Å²) in [6, 6.07) is 6.02. The molecule has 2 aromatic rings. The van der Waals surface area contributed by atoms with Gasteiger partial charge in [0, 0.05) is 12.7 Å². The van der Waals surface area contributed by atoms with Crippen LogP contribution in [0.3, 0.4) is 0 Å². The standard InChI is InChI=1S/C11H13FN4O/c1-7(13)10-14-15-11(17-10)16(2)9-5-3-8(12)4-6-9/h3-7H,13H2,1-2H3. The number of nitrogens with two attached hydrogens (primary N) is 1. The number of anilines is 2. The van der Waals surface area contributed by atoms with Crippen molar-refractivity contribution in [1.29, 1.82) is 0 Å². The first-order chi connectivity index (χ1) is 8.08. The molecule has 2 N–H and O–H groups in total. The summed E-state index contributed by atoms with van der Waals surface area (Å²) in [6.45, 7) is 1.76. The Hall–Kier alpha value is -1.95. The molecule has 1 unspecified atom stereocenters. The highest BCUT2D eigenvalue weighted by Gasteiger charge is 2.14. The molecule has 6 heteroatoms. The summed E-state index contributed by atoms with van der Waals surface area (Å²) in [7, 11) is 1.76. The molecule has 0 saturated heterocycles. The summed E-state index contributed by atoms with van der Waals surface area (Å²) < 4.78 is 18.2. The van der Waals surface area contributed by atoms with E-state index in [0.29, 0.717) is 11.9 Å². The fraction of sp³-hybridized carbons (Fsp3) is 0.273. The predicted molar refractivity (Wildman–Crippen MR) is 61.4 cm³/mol. The zero-order valence-electron chi connectivity index (χ0n) is 9.59. The fourth-order valence-corrected chi connectivity index (χ4v) is 1.32. The number of halogens is 1. The van der Waals surface area contributed by atoms with Crippen LogP contribution in [0.15, 0.2) is 28.7 Å². The molecule has 0 saturated carbocycles. The maximum absolute atomic E-state index is 12.8. The Morgan fingerprint density at radius 3 is 2.47 bits per heavy atom. The zero-order valence-corrected chi connectivity index (χ0v) is 9.59. The summed E-state index contributed by atoms with van der Waals surface area (Å²) in [6.07, 6.45) is 0. The summed E-state index contributed by atoms with van der Waals surface area (Å²) in [5.74, 6) is 0.0814. The number of aromatic nitrogens is 2. The highest BCUT2D eigenvalue weighted by Crippen LogP contribution is 2.23. The van der Waals surface area contributed by atoms with E-state index in [-0.39, 0.29) is 11.9 Å². The van der Waals surface area contributed by atoms with Gasteiger partial charge in [0.15, 0.2) is 0 Å². The third-order valence-electron chi connectivity index (χ3n) is 2.32. The van der Waals surface area contributed by atoms with Crippen molar-refractivity contribution in [3.63, 3.8) is 0 Å². The Kier molecular flexibility index (Phi) is 3.06. The lowest BCUT2D eigenvalue weighted by atomic mass is 10.3. The number of hydrogen-bond acceptors (Lipinski definition) is 5. The van der Waals surface area contributed by atoms with Crippen molar-refractivity contribution in [2.24, 2.45) is 5.73 Å². The van der Waals surface area contributed by atoms with Gasteiger partial charge in [-0.15, -0.1) is 5.10 Å². The molecule has 2 rings (SSSR count). The largest absolute Gasteiger partial charge is 0.406 e. The second-order valence-electron chi connectivity index (χ2n) is 3.75. The Morgan fingerprint density at radius 2 is 1.94 bits per heavy atom. The predicted octanol–water partition coefficient (Wildman–Crippen LogP) is 2.00. The van der Waals surface area contributed by atoms with Crippen molar-refractivity contribution in [2.75, 3.05) is 11.9 Å². The van der Waals surface area contributed by atoms with E-state index < -0.39 is 0 Å². The minimum atomic E-state index is -0.308. The second-order valence-corrected chi connectivity index (χ2v) is 3.75. The molecule has 0 aliphatic carbocycles. The Morgan fingerprint density at radius 1 is 1.29 bits per heavy atom. The monoisotopic (exact) mass is 236 g/mol. The Bertz CT molecular complexity index is 494. The van der Waals surface area contributed by atoms with Crippen molar-refractivity contribution in [1.82, 2.24) is 10.2 Å². The molecular formula is C11H13FN4O. The van der Waals surface area contributed by atoms with E-state index in [1.165, 1.54) is 12.1 Å². The molecule has 5 nitrogen and oxygen atoms in total. The third-order valence-corrected chi connectivity index (χ3v) is 2.32. The van der Waals surface area contributed by atoms with Crippen molar-refractivity contribution in [3.8, 4) is 0 Å². The van der Waals surface area contributed by atoms with Crippen molar-refractivity contribution >= 4 is 11.7 Å². The van der Waals surface area contributed by atoms with E-state index in [9.17, 15) is 4.39 Å². The normalized spacial score (nSPS) is 12.5. The molecular weight excluding hydrogens is 223 g/mol. The Balaban J connectivity index is 2.24. The van der Waals surface area contributed by atoms with E-state index in [4.69, 9.17) is 10.2 Å². The SMILES string of the molecule is CC(N)c1nnc(N(C)c2ccc(F)cc2)o1. The van der Waals surface area contributed by atoms with Crippen LogP contribution >= 0.6 is 0 Å². The molecule has 1 atom stereocenters. The molecule has 0 fully saturated rings. The smallest absolute Gasteiger partial charge is 0.322 e. The van der Waals surface area contributed by atoms with Crippen LogP contribution in [0.2, 0.25) is 0 Å². The lowest BCUT2D eigenvalue weighted by molar-refractivity contribution is 0.467. The van der Waals surface area contributed by atoms with E-state index in [1.54, 1.807) is 31.0 Å². The van der Waals surface area contributed by atoms with Crippen LogP contribution in [0.1, 0.15) is 18.9 Å². The van der Waals surface area contributed by atoms with Crippen molar-refractivity contribution in [2.45, 2.75) is 13.0 Å². The second kappa shape index (κ2) is 4.50. The van der Waals surface area contributed by atoms with Crippen LogP contribution in [0.25, 0.3) is 0 Å². The topological polar surface area (TPSA) is 68.2 Å². The summed E-state index contributed by atoms with van der Waals surface area (Å²) in [4.78, 5) is 1.66. The molecule has 1 aromatic carbocycles. The van der Waals surface area contributed by atoms with Gasteiger partial charge in [-0.25, -0.2) is 4.39 Å².